The van der Waals surface area contributed by atoms with Crippen molar-refractivity contribution in [3.8, 4) is 0 Å². The van der Waals surface area contributed by atoms with Crippen LogP contribution in [-0.2, 0) is 10.1 Å². The van der Waals surface area contributed by atoms with Crippen molar-refractivity contribution in [3.05, 3.63) is 0 Å². The maximum atomic E-state index is 11.0. The second-order valence-corrected chi connectivity index (χ2v) is 5.31. The van der Waals surface area contributed by atoms with Gasteiger partial charge in [0.05, 0.1) is 38.5 Å². The third-order valence-corrected chi connectivity index (χ3v) is 3.64. The molecule has 0 aliphatic carbocycles. The van der Waals surface area contributed by atoms with Crippen molar-refractivity contribution in [1.29, 1.82) is 0 Å². The summed E-state index contributed by atoms with van der Waals surface area (Å²) < 4.78 is 31.0. The van der Waals surface area contributed by atoms with Crippen LogP contribution in [0.4, 0.5) is 0 Å². The molecule has 0 aliphatic heterocycles. The van der Waals surface area contributed by atoms with Crippen LogP contribution < -0.4 is 0 Å². The van der Waals surface area contributed by atoms with Gasteiger partial charge in [-0.25, -0.2) is 0 Å². The van der Waals surface area contributed by atoms with Gasteiger partial charge in [-0.15, -0.1) is 0 Å². The van der Waals surface area contributed by atoms with E-state index in [1.165, 1.54) is 0 Å². The fourth-order valence-electron chi connectivity index (χ4n) is 1.54. The average molecular weight is 273 g/mol. The van der Waals surface area contributed by atoms with E-state index in [9.17, 15) is 8.42 Å². The summed E-state index contributed by atoms with van der Waals surface area (Å²) in [6.45, 7) is -1.18. The molecular weight excluding hydrogens is 254 g/mol. The molecule has 104 valence electrons. The van der Waals surface area contributed by atoms with E-state index in [-0.39, 0.29) is 0 Å². The summed E-state index contributed by atoms with van der Waals surface area (Å²) >= 11 is 0. The molecule has 8 nitrogen and oxygen atoms in total. The fourth-order valence-corrected chi connectivity index (χ4v) is 2.19. The van der Waals surface area contributed by atoms with Crippen LogP contribution in [0.15, 0.2) is 0 Å². The van der Waals surface area contributed by atoms with Crippen molar-refractivity contribution in [2.45, 2.75) is 24.4 Å². The number of aliphatic hydroxyl groups excluding tert-OH is 4. The van der Waals surface area contributed by atoms with Gasteiger partial charge >= 0.3 is 0 Å². The second kappa shape index (κ2) is 7.21. The van der Waals surface area contributed by atoms with Gasteiger partial charge in [-0.05, 0) is 6.92 Å². The highest BCUT2D eigenvalue weighted by molar-refractivity contribution is 7.86. The molecule has 1 unspecified atom stereocenters. The highest BCUT2D eigenvalue weighted by atomic mass is 32.2. The Bertz CT molecular complexity index is 287. The van der Waals surface area contributed by atoms with Gasteiger partial charge in [0.15, 0.2) is 0 Å². The maximum Gasteiger partial charge on any atom is 0.281 e. The van der Waals surface area contributed by atoms with Crippen LogP contribution >= 0.6 is 0 Å². The molecule has 0 aliphatic rings. The fraction of sp³-hybridized carbons (Fsp3) is 1.00. The largest absolute Gasteiger partial charge is 0.395 e. The number of aliphatic hydroxyl groups is 4. The molecule has 17 heavy (non-hydrogen) atoms. The lowest BCUT2D eigenvalue weighted by Gasteiger charge is -2.37. The van der Waals surface area contributed by atoms with E-state index in [1.807, 2.05) is 0 Å². The van der Waals surface area contributed by atoms with Gasteiger partial charge in [-0.1, -0.05) is 0 Å². The van der Waals surface area contributed by atoms with Gasteiger partial charge in [0.25, 0.3) is 10.1 Å². The monoisotopic (exact) mass is 273 g/mol. The molecule has 0 bridgehead atoms. The number of hydrogen-bond acceptors (Lipinski definition) is 7. The van der Waals surface area contributed by atoms with Crippen LogP contribution in [0.5, 0.6) is 0 Å². The van der Waals surface area contributed by atoms with E-state index in [2.05, 4.69) is 0 Å². The molecule has 0 aromatic carbocycles. The van der Waals surface area contributed by atoms with Crippen LogP contribution in [0.1, 0.15) is 6.92 Å². The Morgan fingerprint density at radius 3 is 1.41 bits per heavy atom. The summed E-state index contributed by atoms with van der Waals surface area (Å²) in [5.74, 6) is 0. The molecule has 0 rings (SSSR count). The summed E-state index contributed by atoms with van der Waals surface area (Å²) in [5, 5.41) is 34.6. The smallest absolute Gasteiger partial charge is 0.281 e. The van der Waals surface area contributed by atoms with Crippen LogP contribution in [0.2, 0.25) is 0 Å². The summed E-state index contributed by atoms with van der Waals surface area (Å²) in [7, 11) is -4.45. The lowest BCUT2D eigenvalue weighted by molar-refractivity contribution is -0.00537. The minimum atomic E-state index is -4.45. The first kappa shape index (κ1) is 16.7. The van der Waals surface area contributed by atoms with E-state index >= 15 is 0 Å². The molecule has 0 spiro atoms. The third kappa shape index (κ3) is 4.47. The predicted molar refractivity (Wildman–Crippen MR) is 58.8 cm³/mol. The average Bonchev–Trinajstić information content (AvgIpc) is 2.27. The highest BCUT2D eigenvalue weighted by Gasteiger charge is 2.35. The molecule has 0 heterocycles. The molecule has 5 N–H and O–H groups in total. The van der Waals surface area contributed by atoms with Crippen molar-refractivity contribution in [2.24, 2.45) is 0 Å². The van der Waals surface area contributed by atoms with Gasteiger partial charge in [-0.2, -0.15) is 8.42 Å². The topological polar surface area (TPSA) is 139 Å². The van der Waals surface area contributed by atoms with E-state index in [0.717, 1.165) is 11.8 Å². The van der Waals surface area contributed by atoms with Gasteiger partial charge in [-0.3, -0.25) is 9.45 Å². The Hall–Kier alpha value is -0.290. The molecule has 0 aromatic heterocycles. The summed E-state index contributed by atoms with van der Waals surface area (Å²) in [6, 6.07) is -2.01. The first-order chi connectivity index (χ1) is 7.83. The van der Waals surface area contributed by atoms with Crippen molar-refractivity contribution >= 4 is 10.1 Å². The Labute approximate surface area is 99.9 Å². The number of hydrogen-bond donors (Lipinski definition) is 5. The Morgan fingerprint density at radius 1 is 0.941 bits per heavy atom. The van der Waals surface area contributed by atoms with Crippen LogP contribution in [0, 0.1) is 0 Å². The van der Waals surface area contributed by atoms with Crippen molar-refractivity contribution in [3.63, 3.8) is 0 Å². The molecule has 0 aromatic rings. The third-order valence-electron chi connectivity index (χ3n) is 2.54. The van der Waals surface area contributed by atoms with E-state index < -0.39 is 54.0 Å². The van der Waals surface area contributed by atoms with E-state index in [0.29, 0.717) is 0 Å². The molecule has 0 amide bonds. The van der Waals surface area contributed by atoms with Gasteiger partial charge in [0, 0.05) is 0 Å². The zero-order valence-electron chi connectivity index (χ0n) is 9.47. The van der Waals surface area contributed by atoms with Gasteiger partial charge in [0.2, 0.25) is 0 Å². The lowest BCUT2D eigenvalue weighted by Crippen LogP contribution is -2.56. The lowest BCUT2D eigenvalue weighted by atomic mass is 10.2. The zero-order valence-corrected chi connectivity index (χ0v) is 10.3. The quantitative estimate of drug-likeness (QED) is 0.299. The van der Waals surface area contributed by atoms with Crippen LogP contribution in [0.25, 0.3) is 0 Å². The minimum absolute atomic E-state index is 0.577. The minimum Gasteiger partial charge on any atom is -0.395 e. The van der Waals surface area contributed by atoms with Gasteiger partial charge < -0.3 is 20.4 Å². The Kier molecular flexibility index (Phi) is 7.09. The zero-order chi connectivity index (χ0) is 13.6. The first-order valence-corrected chi connectivity index (χ1v) is 6.50. The molecule has 0 saturated heterocycles. The molecular formula is C8H19NO7S. The summed E-state index contributed by atoms with van der Waals surface area (Å²) in [5.41, 5.74) is 0. The van der Waals surface area contributed by atoms with Crippen molar-refractivity contribution < 1.29 is 33.4 Å². The summed E-state index contributed by atoms with van der Waals surface area (Å²) in [4.78, 5) is 0.968. The van der Waals surface area contributed by atoms with Crippen LogP contribution in [-0.4, -0.2) is 82.2 Å². The van der Waals surface area contributed by atoms with E-state index in [1.54, 1.807) is 0 Å². The second-order valence-electron chi connectivity index (χ2n) is 3.60. The predicted octanol–water partition coefficient (Wildman–Crippen LogP) is -2.77. The number of rotatable bonds is 8. The SMILES string of the molecule is CC(N(C(CO)CO)C(CO)CO)S(=O)(=O)O. The molecule has 0 saturated carbocycles. The molecule has 0 fully saturated rings. The van der Waals surface area contributed by atoms with Gasteiger partial charge in [0.1, 0.15) is 5.37 Å². The normalized spacial score (nSPS) is 14.9. The van der Waals surface area contributed by atoms with E-state index in [4.69, 9.17) is 25.0 Å². The molecule has 1 atom stereocenters. The summed E-state index contributed by atoms with van der Waals surface area (Å²) in [6.07, 6.45) is 0. The Morgan fingerprint density at radius 2 is 1.24 bits per heavy atom. The Balaban J connectivity index is 5.22. The molecule has 9 heteroatoms. The molecule has 0 radical (unpaired) electrons. The standard InChI is InChI=1S/C8H19NO7S/c1-6(17(14,15)16)9(7(2-10)3-11)8(4-12)5-13/h6-8,10-13H,2-5H2,1H3,(H,14,15,16). The van der Waals surface area contributed by atoms with Crippen LogP contribution in [0.3, 0.4) is 0 Å². The van der Waals surface area contributed by atoms with Crippen molar-refractivity contribution in [2.75, 3.05) is 26.4 Å². The number of nitrogens with zero attached hydrogens (tertiary/aromatic N) is 1. The maximum absolute atomic E-state index is 11.0. The van der Waals surface area contributed by atoms with Crippen molar-refractivity contribution in [1.82, 2.24) is 4.90 Å². The first-order valence-electron chi connectivity index (χ1n) is 5.00. The highest BCUT2D eigenvalue weighted by Crippen LogP contribution is 2.15.